The van der Waals surface area contributed by atoms with Crippen LogP contribution in [0, 0.1) is 17.8 Å². The Kier molecular flexibility index (Phi) is 1.71. The van der Waals surface area contributed by atoms with Crippen molar-refractivity contribution >= 4 is 17.5 Å². The van der Waals surface area contributed by atoms with Crippen LogP contribution in [0.2, 0.25) is 5.02 Å². The molecule has 2 heterocycles. The lowest BCUT2D eigenvalue weighted by molar-refractivity contribution is 0.677. The molecule has 3 rings (SSSR count). The lowest BCUT2D eigenvalue weighted by Gasteiger charge is -2.18. The molecular weight excluding hydrogens is 198 g/mol. The number of anilines is 1. The molecule has 2 unspecified atom stereocenters. The number of nitrogens with zero attached hydrogens (tertiary/aromatic N) is 3. The van der Waals surface area contributed by atoms with E-state index in [1.807, 2.05) is 0 Å². The minimum atomic E-state index is 0.603. The Morgan fingerprint density at radius 2 is 1.86 bits per heavy atom. The van der Waals surface area contributed by atoms with Gasteiger partial charge in [0.15, 0.2) is 0 Å². The first-order valence-corrected chi connectivity index (χ1v) is 5.36. The second-order valence-corrected chi connectivity index (χ2v) is 4.73. The van der Waals surface area contributed by atoms with E-state index < -0.39 is 0 Å². The summed E-state index contributed by atoms with van der Waals surface area (Å²) >= 11 is 5.74. The van der Waals surface area contributed by atoms with E-state index in [-0.39, 0.29) is 0 Å². The highest BCUT2D eigenvalue weighted by Gasteiger charge is 2.53. The quantitative estimate of drug-likeness (QED) is 0.707. The first-order chi connectivity index (χ1) is 6.75. The zero-order valence-corrected chi connectivity index (χ0v) is 8.78. The summed E-state index contributed by atoms with van der Waals surface area (Å²) in [5.41, 5.74) is 0. The van der Waals surface area contributed by atoms with Crippen molar-refractivity contribution in [3.8, 4) is 0 Å². The monoisotopic (exact) mass is 209 g/mol. The van der Waals surface area contributed by atoms with Crippen LogP contribution in [-0.4, -0.2) is 23.1 Å². The Balaban J connectivity index is 1.76. The summed E-state index contributed by atoms with van der Waals surface area (Å²) < 4.78 is 0. The van der Waals surface area contributed by atoms with E-state index in [9.17, 15) is 0 Å². The topological polar surface area (TPSA) is 29.0 Å². The Labute approximate surface area is 88.1 Å². The molecule has 1 aliphatic carbocycles. The molecule has 14 heavy (non-hydrogen) atoms. The lowest BCUT2D eigenvalue weighted by atomic mass is 10.3. The zero-order valence-electron chi connectivity index (χ0n) is 8.02. The summed E-state index contributed by atoms with van der Waals surface area (Å²) in [5, 5.41) is 0.603. The molecule has 1 saturated heterocycles. The predicted octanol–water partition coefficient (Wildman–Crippen LogP) is 1.83. The Morgan fingerprint density at radius 3 is 2.43 bits per heavy atom. The first kappa shape index (κ1) is 8.48. The van der Waals surface area contributed by atoms with Crippen LogP contribution in [-0.2, 0) is 0 Å². The minimum absolute atomic E-state index is 0.603. The molecule has 74 valence electrons. The van der Waals surface area contributed by atoms with Gasteiger partial charge in [-0.1, -0.05) is 18.5 Å². The van der Waals surface area contributed by atoms with Gasteiger partial charge in [-0.25, -0.2) is 9.97 Å². The average molecular weight is 210 g/mol. The van der Waals surface area contributed by atoms with Gasteiger partial charge in [0.05, 0.1) is 17.4 Å². The second-order valence-electron chi connectivity index (χ2n) is 4.29. The van der Waals surface area contributed by atoms with Gasteiger partial charge >= 0.3 is 0 Å². The molecule has 1 aromatic heterocycles. The van der Waals surface area contributed by atoms with E-state index in [1.165, 1.54) is 0 Å². The van der Waals surface area contributed by atoms with E-state index in [2.05, 4.69) is 21.8 Å². The highest BCUT2D eigenvalue weighted by atomic mass is 35.5. The lowest BCUT2D eigenvalue weighted by Crippen LogP contribution is -2.25. The van der Waals surface area contributed by atoms with Gasteiger partial charge in [0.1, 0.15) is 0 Å². The van der Waals surface area contributed by atoms with Gasteiger partial charge in [-0.15, -0.1) is 0 Å². The smallest absolute Gasteiger partial charge is 0.225 e. The molecule has 0 N–H and O–H groups in total. The molecule has 2 aliphatic rings. The molecule has 0 bridgehead atoms. The van der Waals surface area contributed by atoms with Crippen molar-refractivity contribution < 1.29 is 0 Å². The van der Waals surface area contributed by atoms with E-state index >= 15 is 0 Å². The predicted molar refractivity (Wildman–Crippen MR) is 55.4 cm³/mol. The SMILES string of the molecule is CC1C2CN(c3ncc(Cl)cn3)CC12. The van der Waals surface area contributed by atoms with Crippen LogP contribution in [0.5, 0.6) is 0 Å². The molecule has 0 spiro atoms. The van der Waals surface area contributed by atoms with Gasteiger partial charge in [0.2, 0.25) is 5.95 Å². The largest absolute Gasteiger partial charge is 0.340 e. The van der Waals surface area contributed by atoms with E-state index in [4.69, 9.17) is 11.6 Å². The molecule has 1 aliphatic heterocycles. The number of aromatic nitrogens is 2. The van der Waals surface area contributed by atoms with Crippen LogP contribution in [0.3, 0.4) is 0 Å². The summed E-state index contributed by atoms with van der Waals surface area (Å²) in [7, 11) is 0. The third-order valence-electron chi connectivity index (χ3n) is 3.51. The first-order valence-electron chi connectivity index (χ1n) is 4.98. The summed E-state index contributed by atoms with van der Waals surface area (Å²) in [6.07, 6.45) is 3.33. The standard InChI is InChI=1S/C10H12ClN3/c1-6-8-4-14(5-9(6)8)10-12-2-7(11)3-13-10/h2-3,6,8-9H,4-5H2,1H3. The van der Waals surface area contributed by atoms with Crippen molar-refractivity contribution in [2.45, 2.75) is 6.92 Å². The molecular formula is C10H12ClN3. The average Bonchev–Trinajstić information content (AvgIpc) is 2.66. The number of halogens is 1. The second kappa shape index (κ2) is 2.83. The Hall–Kier alpha value is -0.830. The summed E-state index contributed by atoms with van der Waals surface area (Å²) in [5.74, 6) is 3.51. The third-order valence-corrected chi connectivity index (χ3v) is 3.71. The summed E-state index contributed by atoms with van der Waals surface area (Å²) in [6.45, 7) is 4.57. The van der Waals surface area contributed by atoms with Gasteiger partial charge in [-0.05, 0) is 17.8 Å². The minimum Gasteiger partial charge on any atom is -0.340 e. The van der Waals surface area contributed by atoms with E-state index in [0.717, 1.165) is 36.8 Å². The fraction of sp³-hybridized carbons (Fsp3) is 0.600. The zero-order chi connectivity index (χ0) is 9.71. The van der Waals surface area contributed by atoms with Gasteiger partial charge in [0.25, 0.3) is 0 Å². The van der Waals surface area contributed by atoms with Crippen molar-refractivity contribution in [3.63, 3.8) is 0 Å². The highest BCUT2D eigenvalue weighted by Crippen LogP contribution is 2.51. The van der Waals surface area contributed by atoms with Gasteiger partial charge < -0.3 is 4.90 Å². The number of hydrogen-bond acceptors (Lipinski definition) is 3. The molecule has 4 heteroatoms. The molecule has 3 nitrogen and oxygen atoms in total. The van der Waals surface area contributed by atoms with Gasteiger partial charge in [-0.2, -0.15) is 0 Å². The van der Waals surface area contributed by atoms with Crippen LogP contribution >= 0.6 is 11.6 Å². The fourth-order valence-electron chi connectivity index (χ4n) is 2.46. The maximum Gasteiger partial charge on any atom is 0.225 e. The van der Waals surface area contributed by atoms with Crippen molar-refractivity contribution in [3.05, 3.63) is 17.4 Å². The maximum atomic E-state index is 5.74. The number of rotatable bonds is 1. The normalized spacial score (nSPS) is 34.4. The summed E-state index contributed by atoms with van der Waals surface area (Å²) in [6, 6.07) is 0. The van der Waals surface area contributed by atoms with Crippen LogP contribution in [0.4, 0.5) is 5.95 Å². The third kappa shape index (κ3) is 1.19. The van der Waals surface area contributed by atoms with E-state index in [1.54, 1.807) is 12.4 Å². The Morgan fingerprint density at radius 1 is 1.29 bits per heavy atom. The van der Waals surface area contributed by atoms with Crippen LogP contribution < -0.4 is 4.90 Å². The molecule has 1 aromatic rings. The van der Waals surface area contributed by atoms with Gasteiger partial charge in [-0.3, -0.25) is 0 Å². The van der Waals surface area contributed by atoms with Crippen LogP contribution in [0.1, 0.15) is 6.92 Å². The summed E-state index contributed by atoms with van der Waals surface area (Å²) in [4.78, 5) is 10.7. The molecule has 2 fully saturated rings. The van der Waals surface area contributed by atoms with Crippen molar-refractivity contribution in [1.82, 2.24) is 9.97 Å². The molecule has 0 aromatic carbocycles. The molecule has 0 amide bonds. The number of piperidine rings is 1. The highest BCUT2D eigenvalue weighted by molar-refractivity contribution is 6.30. The molecule has 2 atom stereocenters. The molecule has 1 saturated carbocycles. The van der Waals surface area contributed by atoms with Gasteiger partial charge in [0, 0.05) is 13.1 Å². The molecule has 0 radical (unpaired) electrons. The maximum absolute atomic E-state index is 5.74. The van der Waals surface area contributed by atoms with Crippen molar-refractivity contribution in [1.29, 1.82) is 0 Å². The Bertz CT molecular complexity index is 339. The number of fused-ring (bicyclic) bond motifs is 1. The fourth-order valence-corrected chi connectivity index (χ4v) is 2.55. The van der Waals surface area contributed by atoms with Crippen molar-refractivity contribution in [2.75, 3.05) is 18.0 Å². The van der Waals surface area contributed by atoms with Crippen molar-refractivity contribution in [2.24, 2.45) is 17.8 Å². The van der Waals surface area contributed by atoms with Crippen LogP contribution in [0.25, 0.3) is 0 Å². The van der Waals surface area contributed by atoms with Crippen LogP contribution in [0.15, 0.2) is 12.4 Å². The number of hydrogen-bond donors (Lipinski definition) is 0. The van der Waals surface area contributed by atoms with E-state index in [0.29, 0.717) is 5.02 Å².